The van der Waals surface area contributed by atoms with Gasteiger partial charge in [-0.25, -0.2) is 0 Å². The molecule has 142 valence electrons. The van der Waals surface area contributed by atoms with Gasteiger partial charge in [0.15, 0.2) is 0 Å². The van der Waals surface area contributed by atoms with Gasteiger partial charge in [-0.3, -0.25) is 9.69 Å². The number of amides is 1. The van der Waals surface area contributed by atoms with Crippen LogP contribution in [0.1, 0.15) is 30.9 Å². The fraction of sp³-hybridized carbons (Fsp3) is 0.435. The van der Waals surface area contributed by atoms with E-state index in [0.717, 1.165) is 49.5 Å². The van der Waals surface area contributed by atoms with Gasteiger partial charge in [-0.1, -0.05) is 48.0 Å². The van der Waals surface area contributed by atoms with Crippen molar-refractivity contribution in [1.29, 1.82) is 0 Å². The average Bonchev–Trinajstić information content (AvgIpc) is 3.01. The van der Waals surface area contributed by atoms with Gasteiger partial charge in [-0.15, -0.1) is 0 Å². The first-order chi connectivity index (χ1) is 13.1. The smallest absolute Gasteiger partial charge is 0.241 e. The van der Waals surface area contributed by atoms with Crippen LogP contribution in [-0.2, 0) is 17.6 Å². The Hall–Kier alpha value is -1.84. The predicted molar refractivity (Wildman–Crippen MR) is 111 cm³/mol. The summed E-state index contributed by atoms with van der Waals surface area (Å²) in [7, 11) is 0. The maximum Gasteiger partial charge on any atom is 0.241 e. The van der Waals surface area contributed by atoms with E-state index in [1.807, 2.05) is 23.1 Å². The van der Waals surface area contributed by atoms with Crippen LogP contribution >= 0.6 is 11.6 Å². The van der Waals surface area contributed by atoms with Gasteiger partial charge in [0.2, 0.25) is 5.91 Å². The molecule has 0 saturated carbocycles. The molecule has 1 saturated heterocycles. The number of rotatable bonds is 4. The van der Waals surface area contributed by atoms with Gasteiger partial charge in [0.05, 0.1) is 6.54 Å². The van der Waals surface area contributed by atoms with Gasteiger partial charge in [-0.05, 0) is 74.9 Å². The van der Waals surface area contributed by atoms with Crippen LogP contribution in [0, 0.1) is 5.92 Å². The van der Waals surface area contributed by atoms with Crippen molar-refractivity contribution in [2.75, 3.05) is 24.5 Å². The SMILES string of the molecule is CC1Cc2ccccc2N1C(=O)CN1CCC(Cc2ccccc2Cl)CC1. The molecule has 0 bridgehead atoms. The maximum absolute atomic E-state index is 13.0. The van der Waals surface area contributed by atoms with Crippen LogP contribution in [0.2, 0.25) is 5.02 Å². The summed E-state index contributed by atoms with van der Waals surface area (Å²) >= 11 is 6.31. The predicted octanol–water partition coefficient (Wildman–Crippen LogP) is 4.57. The first-order valence-corrected chi connectivity index (χ1v) is 10.4. The summed E-state index contributed by atoms with van der Waals surface area (Å²) in [6.07, 6.45) is 4.26. The van der Waals surface area contributed by atoms with Crippen LogP contribution in [0.15, 0.2) is 48.5 Å². The van der Waals surface area contributed by atoms with Crippen molar-refractivity contribution < 1.29 is 4.79 Å². The average molecular weight is 383 g/mol. The topological polar surface area (TPSA) is 23.6 Å². The Balaban J connectivity index is 1.32. The highest BCUT2D eigenvalue weighted by Crippen LogP contribution is 2.32. The van der Waals surface area contributed by atoms with Crippen LogP contribution < -0.4 is 4.90 Å². The third kappa shape index (κ3) is 4.04. The van der Waals surface area contributed by atoms with Gasteiger partial charge < -0.3 is 4.90 Å². The van der Waals surface area contributed by atoms with Crippen LogP contribution in [-0.4, -0.2) is 36.5 Å². The summed E-state index contributed by atoms with van der Waals surface area (Å²) in [4.78, 5) is 17.3. The van der Waals surface area contributed by atoms with E-state index in [2.05, 4.69) is 42.2 Å². The van der Waals surface area contributed by atoms with Crippen molar-refractivity contribution in [1.82, 2.24) is 4.90 Å². The highest BCUT2D eigenvalue weighted by molar-refractivity contribution is 6.31. The third-order valence-electron chi connectivity index (χ3n) is 6.01. The molecule has 2 aromatic rings. The zero-order chi connectivity index (χ0) is 18.8. The van der Waals surface area contributed by atoms with Crippen LogP contribution in [0.5, 0.6) is 0 Å². The summed E-state index contributed by atoms with van der Waals surface area (Å²) in [5.41, 5.74) is 3.64. The molecule has 0 spiro atoms. The molecule has 2 aliphatic heterocycles. The minimum Gasteiger partial charge on any atom is -0.308 e. The summed E-state index contributed by atoms with van der Waals surface area (Å²) in [5.74, 6) is 0.889. The van der Waals surface area contributed by atoms with Crippen molar-refractivity contribution in [3.05, 3.63) is 64.7 Å². The number of anilines is 1. The largest absolute Gasteiger partial charge is 0.308 e. The second-order valence-electron chi connectivity index (χ2n) is 7.96. The Morgan fingerprint density at radius 3 is 2.56 bits per heavy atom. The molecule has 0 N–H and O–H groups in total. The number of benzene rings is 2. The quantitative estimate of drug-likeness (QED) is 0.773. The third-order valence-corrected chi connectivity index (χ3v) is 6.38. The number of hydrogen-bond acceptors (Lipinski definition) is 2. The fourth-order valence-corrected chi connectivity index (χ4v) is 4.75. The van der Waals surface area contributed by atoms with Crippen molar-refractivity contribution in [3.8, 4) is 0 Å². The maximum atomic E-state index is 13.0. The Morgan fingerprint density at radius 2 is 1.78 bits per heavy atom. The lowest BCUT2D eigenvalue weighted by Crippen LogP contribution is -2.45. The summed E-state index contributed by atoms with van der Waals surface area (Å²) in [5, 5.41) is 0.872. The molecule has 0 aromatic heterocycles. The number of likely N-dealkylation sites (tertiary alicyclic amines) is 1. The Kier molecular flexibility index (Phi) is 5.51. The summed E-state index contributed by atoms with van der Waals surface area (Å²) in [6, 6.07) is 16.7. The van der Waals surface area contributed by atoms with Gasteiger partial charge in [0.1, 0.15) is 0 Å². The van der Waals surface area contributed by atoms with E-state index < -0.39 is 0 Å². The number of hydrogen-bond donors (Lipinski definition) is 0. The minimum atomic E-state index is 0.233. The molecular weight excluding hydrogens is 356 g/mol. The number of nitrogens with zero attached hydrogens (tertiary/aromatic N) is 2. The first-order valence-electron chi connectivity index (χ1n) is 9.97. The minimum absolute atomic E-state index is 0.233. The molecule has 1 unspecified atom stereocenters. The van der Waals surface area contributed by atoms with Gasteiger partial charge >= 0.3 is 0 Å². The lowest BCUT2D eigenvalue weighted by molar-refractivity contribution is -0.120. The molecular formula is C23H27ClN2O. The molecule has 2 aliphatic rings. The fourth-order valence-electron chi connectivity index (χ4n) is 4.54. The van der Waals surface area contributed by atoms with E-state index in [1.54, 1.807) is 0 Å². The van der Waals surface area contributed by atoms with E-state index >= 15 is 0 Å². The van der Waals surface area contributed by atoms with Gasteiger partial charge in [-0.2, -0.15) is 0 Å². The molecule has 4 rings (SSSR count). The van der Waals surface area contributed by atoms with Crippen LogP contribution in [0.25, 0.3) is 0 Å². The molecule has 0 radical (unpaired) electrons. The number of fused-ring (bicyclic) bond motifs is 1. The number of para-hydroxylation sites is 1. The van der Waals surface area contributed by atoms with Crippen molar-refractivity contribution in [2.45, 2.75) is 38.6 Å². The Morgan fingerprint density at radius 1 is 1.07 bits per heavy atom. The Labute approximate surface area is 166 Å². The van der Waals surface area contributed by atoms with Crippen LogP contribution in [0.4, 0.5) is 5.69 Å². The number of halogens is 1. The summed E-state index contributed by atoms with van der Waals surface area (Å²) < 4.78 is 0. The Bertz CT molecular complexity index is 814. The molecule has 2 heterocycles. The normalized spacial score (nSPS) is 20.7. The van der Waals surface area contributed by atoms with E-state index in [4.69, 9.17) is 11.6 Å². The second-order valence-corrected chi connectivity index (χ2v) is 8.37. The molecule has 1 amide bonds. The molecule has 4 heteroatoms. The monoisotopic (exact) mass is 382 g/mol. The number of carbonyl (C=O) groups excluding carboxylic acids is 1. The zero-order valence-electron chi connectivity index (χ0n) is 15.9. The van der Waals surface area contributed by atoms with E-state index in [9.17, 15) is 4.79 Å². The lowest BCUT2D eigenvalue weighted by Gasteiger charge is -2.33. The van der Waals surface area contributed by atoms with Crippen molar-refractivity contribution in [3.63, 3.8) is 0 Å². The lowest BCUT2D eigenvalue weighted by atomic mass is 9.90. The zero-order valence-corrected chi connectivity index (χ0v) is 16.7. The molecule has 1 fully saturated rings. The van der Waals surface area contributed by atoms with Crippen LogP contribution in [0.3, 0.4) is 0 Å². The van der Waals surface area contributed by atoms with E-state index in [-0.39, 0.29) is 11.9 Å². The van der Waals surface area contributed by atoms with Gasteiger partial charge in [0.25, 0.3) is 0 Å². The van der Waals surface area contributed by atoms with E-state index in [1.165, 1.54) is 11.1 Å². The van der Waals surface area contributed by atoms with Crippen molar-refractivity contribution >= 4 is 23.2 Å². The molecule has 3 nitrogen and oxygen atoms in total. The summed E-state index contributed by atoms with van der Waals surface area (Å²) in [6.45, 7) is 4.65. The molecule has 0 aliphatic carbocycles. The molecule has 1 atom stereocenters. The van der Waals surface area contributed by atoms with Crippen molar-refractivity contribution in [2.24, 2.45) is 5.92 Å². The number of carbonyl (C=O) groups is 1. The second kappa shape index (κ2) is 8.04. The number of piperidine rings is 1. The standard InChI is InChI=1S/C23H27ClN2O/c1-17-14-20-7-3-5-9-22(20)26(17)23(27)16-25-12-10-18(11-13-25)15-19-6-2-4-8-21(19)24/h2-9,17-18H,10-16H2,1H3. The molecule has 2 aromatic carbocycles. The first kappa shape index (κ1) is 18.5. The highest BCUT2D eigenvalue weighted by atomic mass is 35.5. The highest BCUT2D eigenvalue weighted by Gasteiger charge is 2.32. The molecule has 27 heavy (non-hydrogen) atoms. The van der Waals surface area contributed by atoms with Gasteiger partial charge in [0, 0.05) is 16.8 Å². The van der Waals surface area contributed by atoms with E-state index in [0.29, 0.717) is 12.5 Å².